The van der Waals surface area contributed by atoms with Gasteiger partial charge in [-0.05, 0) is 37.1 Å². The number of nitrogens with zero attached hydrogens (tertiary/aromatic N) is 2. The number of carbonyl (C=O) groups excluding carboxylic acids is 1. The smallest absolute Gasteiger partial charge is 0.270 e. The number of benzene rings is 1. The van der Waals surface area contributed by atoms with Crippen LogP contribution >= 0.6 is 0 Å². The van der Waals surface area contributed by atoms with Gasteiger partial charge >= 0.3 is 0 Å². The number of fused-ring (bicyclic) bond motifs is 1. The number of rotatable bonds is 4. The van der Waals surface area contributed by atoms with Gasteiger partial charge in [0.15, 0.2) is 0 Å². The fraction of sp³-hybridized carbons (Fsp3) is 0.278. The van der Waals surface area contributed by atoms with Gasteiger partial charge in [0.05, 0.1) is 6.54 Å². The number of amides is 1. The lowest BCUT2D eigenvalue weighted by Gasteiger charge is -2.22. The normalized spacial score (nSPS) is 14.4. The van der Waals surface area contributed by atoms with Crippen LogP contribution < -0.4 is 0 Å². The van der Waals surface area contributed by atoms with Crippen LogP contribution in [-0.2, 0) is 13.6 Å². The molecule has 0 spiro atoms. The highest BCUT2D eigenvalue weighted by Crippen LogP contribution is 2.30. The third kappa shape index (κ3) is 2.30. The predicted molar refractivity (Wildman–Crippen MR) is 86.6 cm³/mol. The minimum atomic E-state index is 0.0971. The lowest BCUT2D eigenvalue weighted by Crippen LogP contribution is -2.33. The molecule has 4 rings (SSSR count). The second-order valence-corrected chi connectivity index (χ2v) is 6.04. The molecule has 3 aromatic rings. The Morgan fingerprint density at radius 1 is 1.27 bits per heavy atom. The van der Waals surface area contributed by atoms with Gasteiger partial charge in [0.1, 0.15) is 5.69 Å². The Balaban J connectivity index is 1.64. The summed E-state index contributed by atoms with van der Waals surface area (Å²) in [6.45, 7) is 0.669. The van der Waals surface area contributed by atoms with Crippen LogP contribution in [0.25, 0.3) is 10.9 Å². The first-order valence-corrected chi connectivity index (χ1v) is 7.71. The molecular formula is C18H19N3O. The molecule has 0 radical (unpaired) electrons. The summed E-state index contributed by atoms with van der Waals surface area (Å²) < 4.78 is 2.08. The van der Waals surface area contributed by atoms with E-state index in [1.165, 1.54) is 0 Å². The molecule has 2 heterocycles. The van der Waals surface area contributed by atoms with Gasteiger partial charge < -0.3 is 14.5 Å². The molecule has 1 fully saturated rings. The fourth-order valence-corrected chi connectivity index (χ4v) is 2.93. The van der Waals surface area contributed by atoms with Crippen LogP contribution in [0.3, 0.4) is 0 Å². The monoisotopic (exact) mass is 293 g/mol. The van der Waals surface area contributed by atoms with Gasteiger partial charge in [0, 0.05) is 35.9 Å². The van der Waals surface area contributed by atoms with Gasteiger partial charge in [-0.1, -0.05) is 18.2 Å². The number of aryl methyl sites for hydroxylation is 1. The fourth-order valence-electron chi connectivity index (χ4n) is 2.93. The molecule has 0 saturated heterocycles. The van der Waals surface area contributed by atoms with Crippen LogP contribution in [0.2, 0.25) is 0 Å². The molecule has 4 heteroatoms. The van der Waals surface area contributed by atoms with E-state index >= 15 is 0 Å². The molecule has 0 atom stereocenters. The van der Waals surface area contributed by atoms with E-state index in [-0.39, 0.29) is 5.91 Å². The van der Waals surface area contributed by atoms with Crippen LogP contribution in [-0.4, -0.2) is 26.4 Å². The molecular weight excluding hydrogens is 274 g/mol. The van der Waals surface area contributed by atoms with Crippen molar-refractivity contribution in [3.05, 3.63) is 60.0 Å². The van der Waals surface area contributed by atoms with Crippen molar-refractivity contribution in [2.24, 2.45) is 7.05 Å². The maximum Gasteiger partial charge on any atom is 0.270 e. The minimum Gasteiger partial charge on any atom is -0.353 e. The van der Waals surface area contributed by atoms with Crippen molar-refractivity contribution in [2.75, 3.05) is 0 Å². The molecule has 1 N–H and O–H groups in total. The average molecular weight is 293 g/mol. The van der Waals surface area contributed by atoms with Crippen molar-refractivity contribution in [1.29, 1.82) is 0 Å². The summed E-state index contributed by atoms with van der Waals surface area (Å²) >= 11 is 0. The molecule has 0 aliphatic heterocycles. The third-order valence-corrected chi connectivity index (χ3v) is 4.39. The second kappa shape index (κ2) is 5.05. The van der Waals surface area contributed by atoms with E-state index in [1.54, 1.807) is 0 Å². The Labute approximate surface area is 129 Å². The van der Waals surface area contributed by atoms with Crippen molar-refractivity contribution >= 4 is 16.8 Å². The van der Waals surface area contributed by atoms with E-state index in [0.717, 1.165) is 29.4 Å². The third-order valence-electron chi connectivity index (χ3n) is 4.39. The van der Waals surface area contributed by atoms with E-state index in [2.05, 4.69) is 15.6 Å². The zero-order chi connectivity index (χ0) is 15.1. The molecule has 0 bridgehead atoms. The molecule has 22 heavy (non-hydrogen) atoms. The van der Waals surface area contributed by atoms with E-state index in [4.69, 9.17) is 0 Å². The van der Waals surface area contributed by atoms with E-state index in [0.29, 0.717) is 18.3 Å². The summed E-state index contributed by atoms with van der Waals surface area (Å²) in [6.07, 6.45) is 4.24. The molecule has 1 aliphatic carbocycles. The number of H-pyrrole nitrogens is 1. The van der Waals surface area contributed by atoms with E-state index in [9.17, 15) is 4.79 Å². The van der Waals surface area contributed by atoms with Crippen molar-refractivity contribution in [2.45, 2.75) is 25.4 Å². The zero-order valence-corrected chi connectivity index (χ0v) is 12.6. The Morgan fingerprint density at radius 3 is 2.77 bits per heavy atom. The maximum absolute atomic E-state index is 12.9. The molecule has 112 valence electrons. The number of hydrogen-bond acceptors (Lipinski definition) is 1. The lowest BCUT2D eigenvalue weighted by molar-refractivity contribution is 0.0721. The van der Waals surface area contributed by atoms with Gasteiger partial charge in [-0.2, -0.15) is 0 Å². The maximum atomic E-state index is 12.9. The number of carbonyl (C=O) groups is 1. The van der Waals surface area contributed by atoms with Crippen molar-refractivity contribution in [3.8, 4) is 0 Å². The topological polar surface area (TPSA) is 41.0 Å². The Bertz CT molecular complexity index is 793. The zero-order valence-electron chi connectivity index (χ0n) is 12.6. The SMILES string of the molecule is Cn1cccc1CN(C(=O)c1cc2ccccc2[nH]1)C1CC1. The van der Waals surface area contributed by atoms with Crippen LogP contribution in [0.1, 0.15) is 29.0 Å². The first-order valence-electron chi connectivity index (χ1n) is 7.71. The van der Waals surface area contributed by atoms with Crippen LogP contribution in [0.5, 0.6) is 0 Å². The minimum absolute atomic E-state index is 0.0971. The van der Waals surface area contributed by atoms with Gasteiger partial charge in [-0.15, -0.1) is 0 Å². The van der Waals surface area contributed by atoms with Gasteiger partial charge in [-0.25, -0.2) is 0 Å². The number of aromatic nitrogens is 2. The first kappa shape index (κ1) is 13.2. The molecule has 0 unspecified atom stereocenters. The highest BCUT2D eigenvalue weighted by Gasteiger charge is 2.34. The lowest BCUT2D eigenvalue weighted by atomic mass is 10.2. The summed E-state index contributed by atoms with van der Waals surface area (Å²) in [5.74, 6) is 0.0971. The highest BCUT2D eigenvalue weighted by atomic mass is 16.2. The summed E-state index contributed by atoms with van der Waals surface area (Å²) in [6, 6.07) is 14.4. The van der Waals surface area contributed by atoms with Gasteiger partial charge in [-0.3, -0.25) is 4.79 Å². The molecule has 1 aliphatic rings. The largest absolute Gasteiger partial charge is 0.353 e. The molecule has 1 saturated carbocycles. The number of para-hydroxylation sites is 1. The summed E-state index contributed by atoms with van der Waals surface area (Å²) in [5, 5.41) is 1.08. The van der Waals surface area contributed by atoms with Crippen LogP contribution in [0, 0.1) is 0 Å². The summed E-state index contributed by atoms with van der Waals surface area (Å²) in [7, 11) is 2.02. The summed E-state index contributed by atoms with van der Waals surface area (Å²) in [4.78, 5) is 18.2. The Kier molecular flexibility index (Phi) is 3.03. The quantitative estimate of drug-likeness (QED) is 0.787. The number of hydrogen-bond donors (Lipinski definition) is 1. The predicted octanol–water partition coefficient (Wildman–Crippen LogP) is 3.31. The van der Waals surface area contributed by atoms with Crippen molar-refractivity contribution < 1.29 is 4.79 Å². The van der Waals surface area contributed by atoms with E-state index < -0.39 is 0 Å². The van der Waals surface area contributed by atoms with Crippen molar-refractivity contribution in [1.82, 2.24) is 14.5 Å². The van der Waals surface area contributed by atoms with Gasteiger partial charge in [0.2, 0.25) is 0 Å². The van der Waals surface area contributed by atoms with E-state index in [1.807, 2.05) is 54.5 Å². The Hall–Kier alpha value is -2.49. The van der Waals surface area contributed by atoms with Crippen LogP contribution in [0.4, 0.5) is 0 Å². The van der Waals surface area contributed by atoms with Crippen molar-refractivity contribution in [3.63, 3.8) is 0 Å². The first-order chi connectivity index (χ1) is 10.7. The Morgan fingerprint density at radius 2 is 2.09 bits per heavy atom. The molecule has 2 aromatic heterocycles. The summed E-state index contributed by atoms with van der Waals surface area (Å²) in [5.41, 5.74) is 2.86. The average Bonchev–Trinajstić information content (AvgIpc) is 3.14. The number of nitrogens with one attached hydrogen (secondary N) is 1. The van der Waals surface area contributed by atoms with Gasteiger partial charge in [0.25, 0.3) is 5.91 Å². The highest BCUT2D eigenvalue weighted by molar-refractivity contribution is 5.98. The van der Waals surface area contributed by atoms with Crippen LogP contribution in [0.15, 0.2) is 48.7 Å². The molecule has 1 aromatic carbocycles. The number of aromatic amines is 1. The molecule has 1 amide bonds. The molecule has 4 nitrogen and oxygen atoms in total. The second-order valence-electron chi connectivity index (χ2n) is 6.04. The standard InChI is InChI=1S/C18H19N3O/c1-20-10-4-6-15(20)12-21(14-8-9-14)18(22)17-11-13-5-2-3-7-16(13)19-17/h2-7,10-11,14,19H,8-9,12H2,1H3.